The van der Waals surface area contributed by atoms with E-state index in [0.29, 0.717) is 10.6 Å². The molecule has 0 fully saturated rings. The number of rotatable bonds is 6. The minimum absolute atomic E-state index is 0.00792. The lowest BCUT2D eigenvalue weighted by Gasteiger charge is -2.22. The summed E-state index contributed by atoms with van der Waals surface area (Å²) in [6.45, 7) is 3.72. The minimum atomic E-state index is -3.21. The van der Waals surface area contributed by atoms with Gasteiger partial charge in [-0.3, -0.25) is 0 Å². The summed E-state index contributed by atoms with van der Waals surface area (Å²) >= 11 is 6.00. The fourth-order valence-corrected chi connectivity index (χ4v) is 4.04. The summed E-state index contributed by atoms with van der Waals surface area (Å²) in [5, 5.41) is 3.12. The van der Waals surface area contributed by atoms with Gasteiger partial charge in [0.25, 0.3) is 0 Å². The predicted octanol–water partition coefficient (Wildman–Crippen LogP) is 2.64. The first-order chi connectivity index (χ1) is 8.42. The van der Waals surface area contributed by atoms with Gasteiger partial charge < -0.3 is 5.32 Å². The average Bonchev–Trinajstić information content (AvgIpc) is 2.33. The van der Waals surface area contributed by atoms with E-state index in [4.69, 9.17) is 11.6 Å². The molecule has 0 aromatic heterocycles. The minimum Gasteiger partial charge on any atom is -0.316 e. The quantitative estimate of drug-likeness (QED) is 0.876. The molecule has 1 aromatic rings. The van der Waals surface area contributed by atoms with Gasteiger partial charge in [0.05, 0.1) is 11.0 Å². The van der Waals surface area contributed by atoms with E-state index in [-0.39, 0.29) is 11.8 Å². The van der Waals surface area contributed by atoms with Crippen molar-refractivity contribution in [2.24, 2.45) is 0 Å². The smallest absolute Gasteiger partial charge is 0.158 e. The van der Waals surface area contributed by atoms with Crippen LogP contribution in [0.25, 0.3) is 0 Å². The van der Waals surface area contributed by atoms with Crippen LogP contribution in [0.1, 0.15) is 25.8 Å². The Morgan fingerprint density at radius 1 is 1.33 bits per heavy atom. The lowest BCUT2D eigenvalue weighted by molar-refractivity contribution is 0.504. The standard InChI is InChI=1S/C13H20ClNO2S/c1-4-13(15-3)10(2)18(16,17)9-11-7-5-6-8-12(11)14/h5-8,10,13,15H,4,9H2,1-3H3. The largest absolute Gasteiger partial charge is 0.316 e. The van der Waals surface area contributed by atoms with Crippen LogP contribution < -0.4 is 5.32 Å². The van der Waals surface area contributed by atoms with Crippen LogP contribution >= 0.6 is 11.6 Å². The molecule has 0 saturated carbocycles. The first kappa shape index (κ1) is 15.5. The third-order valence-corrected chi connectivity index (χ3v) is 5.80. The summed E-state index contributed by atoms with van der Waals surface area (Å²) < 4.78 is 24.6. The van der Waals surface area contributed by atoms with Gasteiger partial charge in [-0.15, -0.1) is 0 Å². The molecular weight excluding hydrogens is 270 g/mol. The zero-order chi connectivity index (χ0) is 13.8. The summed E-state index contributed by atoms with van der Waals surface area (Å²) in [4.78, 5) is 0. The van der Waals surface area contributed by atoms with Crippen molar-refractivity contribution in [2.75, 3.05) is 7.05 Å². The van der Waals surface area contributed by atoms with Gasteiger partial charge in [-0.2, -0.15) is 0 Å². The van der Waals surface area contributed by atoms with E-state index < -0.39 is 15.1 Å². The molecule has 1 aromatic carbocycles. The van der Waals surface area contributed by atoms with Crippen LogP contribution in [0, 0.1) is 0 Å². The zero-order valence-corrected chi connectivity index (χ0v) is 12.6. The second kappa shape index (κ2) is 6.55. The molecule has 1 N–H and O–H groups in total. The second-order valence-electron chi connectivity index (χ2n) is 4.41. The van der Waals surface area contributed by atoms with E-state index in [2.05, 4.69) is 5.32 Å². The molecular formula is C13H20ClNO2S. The van der Waals surface area contributed by atoms with E-state index in [1.165, 1.54) is 0 Å². The third-order valence-electron chi connectivity index (χ3n) is 3.26. The Morgan fingerprint density at radius 3 is 2.44 bits per heavy atom. The van der Waals surface area contributed by atoms with Gasteiger partial charge in [-0.25, -0.2) is 8.42 Å². The highest BCUT2D eigenvalue weighted by atomic mass is 35.5. The van der Waals surface area contributed by atoms with Crippen LogP contribution in [0.4, 0.5) is 0 Å². The summed E-state index contributed by atoms with van der Waals surface area (Å²) in [7, 11) is -1.42. The summed E-state index contributed by atoms with van der Waals surface area (Å²) in [5.74, 6) is -0.00792. The topological polar surface area (TPSA) is 46.2 Å². The Morgan fingerprint density at radius 2 is 1.94 bits per heavy atom. The number of sulfone groups is 1. The van der Waals surface area contributed by atoms with Gasteiger partial charge in [0.1, 0.15) is 0 Å². The van der Waals surface area contributed by atoms with Crippen molar-refractivity contribution in [3.8, 4) is 0 Å². The van der Waals surface area contributed by atoms with E-state index in [9.17, 15) is 8.42 Å². The Balaban J connectivity index is 2.92. The Kier molecular flexibility index (Phi) is 5.63. The molecule has 0 spiro atoms. The highest BCUT2D eigenvalue weighted by molar-refractivity contribution is 7.91. The molecule has 0 aliphatic rings. The van der Waals surface area contributed by atoms with Crippen LogP contribution in [0.2, 0.25) is 5.02 Å². The Hall–Kier alpha value is -0.580. The molecule has 2 atom stereocenters. The Labute approximate surface area is 114 Å². The number of benzene rings is 1. The van der Waals surface area contributed by atoms with E-state index in [1.807, 2.05) is 6.92 Å². The molecule has 0 amide bonds. The molecule has 0 heterocycles. The molecule has 2 unspecified atom stereocenters. The highest BCUT2D eigenvalue weighted by Crippen LogP contribution is 2.21. The third kappa shape index (κ3) is 3.70. The van der Waals surface area contributed by atoms with Gasteiger partial charge in [-0.05, 0) is 32.0 Å². The van der Waals surface area contributed by atoms with Crippen molar-refractivity contribution in [1.82, 2.24) is 5.32 Å². The van der Waals surface area contributed by atoms with Gasteiger partial charge in [-0.1, -0.05) is 36.7 Å². The van der Waals surface area contributed by atoms with Gasteiger partial charge in [0, 0.05) is 11.1 Å². The van der Waals surface area contributed by atoms with Crippen LogP contribution in [-0.2, 0) is 15.6 Å². The van der Waals surface area contributed by atoms with Gasteiger partial charge in [0.2, 0.25) is 0 Å². The highest BCUT2D eigenvalue weighted by Gasteiger charge is 2.27. The van der Waals surface area contributed by atoms with Crippen LogP contribution in [0.5, 0.6) is 0 Å². The lowest BCUT2D eigenvalue weighted by atomic mass is 10.2. The van der Waals surface area contributed by atoms with Gasteiger partial charge >= 0.3 is 0 Å². The average molecular weight is 290 g/mol. The summed E-state index contributed by atoms with van der Waals surface area (Å²) in [5.41, 5.74) is 0.664. The number of nitrogens with one attached hydrogen (secondary N) is 1. The molecule has 1 rings (SSSR count). The maximum atomic E-state index is 12.3. The second-order valence-corrected chi connectivity index (χ2v) is 7.17. The normalized spacial score (nSPS) is 15.3. The van der Waals surface area contributed by atoms with Gasteiger partial charge in [0.15, 0.2) is 9.84 Å². The molecule has 3 nitrogen and oxygen atoms in total. The fourth-order valence-electron chi connectivity index (χ4n) is 1.98. The zero-order valence-electron chi connectivity index (χ0n) is 11.0. The van der Waals surface area contributed by atoms with Crippen molar-refractivity contribution in [1.29, 1.82) is 0 Å². The van der Waals surface area contributed by atoms with Crippen molar-refractivity contribution in [2.45, 2.75) is 37.3 Å². The summed E-state index contributed by atoms with van der Waals surface area (Å²) in [6, 6.07) is 7.04. The predicted molar refractivity (Wildman–Crippen MR) is 76.7 cm³/mol. The van der Waals surface area contributed by atoms with Crippen molar-refractivity contribution in [3.63, 3.8) is 0 Å². The SMILES string of the molecule is CCC(NC)C(C)S(=O)(=O)Cc1ccccc1Cl. The first-order valence-corrected chi connectivity index (χ1v) is 8.14. The molecule has 5 heteroatoms. The lowest BCUT2D eigenvalue weighted by Crippen LogP contribution is -2.40. The molecule has 0 aliphatic heterocycles. The molecule has 0 bridgehead atoms. The van der Waals surface area contributed by atoms with Crippen molar-refractivity contribution < 1.29 is 8.42 Å². The maximum absolute atomic E-state index is 12.3. The van der Waals surface area contributed by atoms with Crippen LogP contribution in [0.15, 0.2) is 24.3 Å². The monoisotopic (exact) mass is 289 g/mol. The molecule has 102 valence electrons. The van der Waals surface area contributed by atoms with Crippen LogP contribution in [0.3, 0.4) is 0 Å². The number of hydrogen-bond acceptors (Lipinski definition) is 3. The van der Waals surface area contributed by atoms with Crippen molar-refractivity contribution >= 4 is 21.4 Å². The number of hydrogen-bond donors (Lipinski definition) is 1. The van der Waals surface area contributed by atoms with E-state index in [0.717, 1.165) is 6.42 Å². The fraction of sp³-hybridized carbons (Fsp3) is 0.538. The Bertz CT molecular complexity index is 484. The summed E-state index contributed by atoms with van der Waals surface area (Å²) in [6.07, 6.45) is 0.777. The molecule has 18 heavy (non-hydrogen) atoms. The van der Waals surface area contributed by atoms with Crippen molar-refractivity contribution in [3.05, 3.63) is 34.9 Å². The maximum Gasteiger partial charge on any atom is 0.158 e. The van der Waals surface area contributed by atoms with E-state index in [1.54, 1.807) is 38.2 Å². The number of halogens is 1. The molecule has 0 saturated heterocycles. The van der Waals surface area contributed by atoms with E-state index >= 15 is 0 Å². The first-order valence-electron chi connectivity index (χ1n) is 6.04. The van der Waals surface area contributed by atoms with Crippen LogP contribution in [-0.4, -0.2) is 26.8 Å². The molecule has 0 radical (unpaired) electrons. The molecule has 0 aliphatic carbocycles.